The Kier molecular flexibility index (Phi) is 8.14. The number of aromatic nitrogens is 1. The smallest absolute Gasteiger partial charge is 0.260 e. The van der Waals surface area contributed by atoms with Crippen LogP contribution in [0.4, 0.5) is 9.52 Å². The van der Waals surface area contributed by atoms with Crippen molar-refractivity contribution in [2.24, 2.45) is 0 Å². The number of nitrogens with zero attached hydrogens (tertiary/aromatic N) is 3. The fourth-order valence-electron chi connectivity index (χ4n) is 3.29. The molecule has 0 unspecified atom stereocenters. The molecule has 1 aromatic heterocycles. The molecular weight excluding hydrogens is 409 g/mol. The fraction of sp³-hybridized carbons (Fsp3) is 0.364. The lowest BCUT2D eigenvalue weighted by atomic mass is 10.1. The van der Waals surface area contributed by atoms with Gasteiger partial charge < -0.3 is 4.90 Å². The first kappa shape index (κ1) is 23.3. The van der Waals surface area contributed by atoms with E-state index in [-0.39, 0.29) is 24.1 Å². The topological polar surface area (TPSA) is 36.4 Å². The number of benzene rings is 2. The standard InChI is InChI=1S/C22H26FN3OS.ClH/c1-5-25(6-2)11-12-26(21(27)17-7-9-18(23)10-8-17)22-24-20-16(4)13-15(3)14-19(20)28-22;/h7-10,13-14H,5-6,11-12H2,1-4H3;1H. The Morgan fingerprint density at radius 1 is 1.07 bits per heavy atom. The van der Waals surface area contributed by atoms with Gasteiger partial charge in [-0.3, -0.25) is 9.69 Å². The SMILES string of the molecule is CCN(CC)CCN(C(=O)c1ccc(F)cc1)c1nc2c(C)cc(C)cc2s1.Cl. The molecule has 0 atom stereocenters. The third kappa shape index (κ3) is 5.32. The van der Waals surface area contributed by atoms with Crippen molar-refractivity contribution in [3.8, 4) is 0 Å². The molecule has 0 N–H and O–H groups in total. The summed E-state index contributed by atoms with van der Waals surface area (Å²) >= 11 is 1.53. The number of thiazole rings is 1. The van der Waals surface area contributed by atoms with Crippen molar-refractivity contribution in [3.05, 3.63) is 58.9 Å². The Morgan fingerprint density at radius 3 is 2.34 bits per heavy atom. The first-order valence-electron chi connectivity index (χ1n) is 9.60. The molecule has 4 nitrogen and oxygen atoms in total. The van der Waals surface area contributed by atoms with Gasteiger partial charge in [0, 0.05) is 18.7 Å². The van der Waals surface area contributed by atoms with Crippen LogP contribution >= 0.6 is 23.7 Å². The zero-order valence-corrected chi connectivity index (χ0v) is 18.9. The Labute approximate surface area is 181 Å². The number of aryl methyl sites for hydroxylation is 2. The Bertz CT molecular complexity index is 970. The van der Waals surface area contributed by atoms with E-state index in [0.29, 0.717) is 17.2 Å². The second-order valence-corrected chi connectivity index (χ2v) is 7.92. The van der Waals surface area contributed by atoms with E-state index in [1.807, 2.05) is 6.92 Å². The van der Waals surface area contributed by atoms with E-state index in [1.165, 1.54) is 41.2 Å². The Hall–Kier alpha value is -2.02. The second kappa shape index (κ2) is 10.1. The molecule has 156 valence electrons. The zero-order valence-electron chi connectivity index (χ0n) is 17.2. The van der Waals surface area contributed by atoms with Crippen LogP contribution in [0.1, 0.15) is 35.3 Å². The Balaban J connectivity index is 0.00000300. The van der Waals surface area contributed by atoms with Crippen molar-refractivity contribution in [1.82, 2.24) is 9.88 Å². The highest BCUT2D eigenvalue weighted by molar-refractivity contribution is 7.22. The van der Waals surface area contributed by atoms with Crippen molar-refractivity contribution >= 4 is 45.0 Å². The summed E-state index contributed by atoms with van der Waals surface area (Å²) in [5.41, 5.74) is 3.69. The van der Waals surface area contributed by atoms with Crippen molar-refractivity contribution in [1.29, 1.82) is 0 Å². The quantitative estimate of drug-likeness (QED) is 0.494. The van der Waals surface area contributed by atoms with E-state index in [1.54, 1.807) is 4.90 Å². The van der Waals surface area contributed by atoms with E-state index < -0.39 is 0 Å². The zero-order chi connectivity index (χ0) is 20.3. The van der Waals surface area contributed by atoms with Crippen LogP contribution in [0.15, 0.2) is 36.4 Å². The molecule has 0 saturated heterocycles. The van der Waals surface area contributed by atoms with E-state index in [0.717, 1.165) is 35.4 Å². The minimum absolute atomic E-state index is 0. The van der Waals surface area contributed by atoms with Crippen LogP contribution in [-0.4, -0.2) is 42.0 Å². The van der Waals surface area contributed by atoms with E-state index in [9.17, 15) is 9.18 Å². The number of carbonyl (C=O) groups excluding carboxylic acids is 1. The highest BCUT2D eigenvalue weighted by Gasteiger charge is 2.22. The number of rotatable bonds is 7. The average molecular weight is 436 g/mol. The predicted octanol–water partition coefficient (Wildman–Crippen LogP) is 5.46. The van der Waals surface area contributed by atoms with Gasteiger partial charge in [0.1, 0.15) is 5.82 Å². The van der Waals surface area contributed by atoms with Crippen LogP contribution in [-0.2, 0) is 0 Å². The summed E-state index contributed by atoms with van der Waals surface area (Å²) in [6.07, 6.45) is 0. The second-order valence-electron chi connectivity index (χ2n) is 6.92. The maximum atomic E-state index is 13.3. The molecule has 3 aromatic rings. The molecule has 7 heteroatoms. The summed E-state index contributed by atoms with van der Waals surface area (Å²) in [7, 11) is 0. The van der Waals surface area contributed by atoms with Gasteiger partial charge >= 0.3 is 0 Å². The van der Waals surface area contributed by atoms with Crippen molar-refractivity contribution in [2.75, 3.05) is 31.1 Å². The van der Waals surface area contributed by atoms with Gasteiger partial charge in [0.2, 0.25) is 0 Å². The van der Waals surface area contributed by atoms with Gasteiger partial charge in [0.15, 0.2) is 5.13 Å². The molecule has 0 aliphatic carbocycles. The third-order valence-electron chi connectivity index (χ3n) is 4.92. The molecule has 0 aliphatic heterocycles. The molecule has 1 amide bonds. The maximum Gasteiger partial charge on any atom is 0.260 e. The average Bonchev–Trinajstić information content (AvgIpc) is 3.09. The van der Waals surface area contributed by atoms with Gasteiger partial charge in [-0.1, -0.05) is 31.3 Å². The van der Waals surface area contributed by atoms with Crippen LogP contribution in [0.5, 0.6) is 0 Å². The van der Waals surface area contributed by atoms with Crippen molar-refractivity contribution < 1.29 is 9.18 Å². The van der Waals surface area contributed by atoms with Gasteiger partial charge in [-0.15, -0.1) is 12.4 Å². The lowest BCUT2D eigenvalue weighted by Crippen LogP contribution is -2.38. The van der Waals surface area contributed by atoms with Crippen LogP contribution in [0.25, 0.3) is 10.2 Å². The molecule has 0 fully saturated rings. The van der Waals surface area contributed by atoms with E-state index >= 15 is 0 Å². The number of carbonyl (C=O) groups is 1. The summed E-state index contributed by atoms with van der Waals surface area (Å²) in [5.74, 6) is -0.502. The van der Waals surface area contributed by atoms with Crippen LogP contribution in [0.3, 0.4) is 0 Å². The molecule has 0 bridgehead atoms. The number of likely N-dealkylation sites (N-methyl/N-ethyl adjacent to an activating group) is 1. The van der Waals surface area contributed by atoms with Gasteiger partial charge in [0.05, 0.1) is 10.2 Å². The number of anilines is 1. The summed E-state index contributed by atoms with van der Waals surface area (Å²) < 4.78 is 14.4. The Morgan fingerprint density at radius 2 is 1.72 bits per heavy atom. The van der Waals surface area contributed by atoms with Crippen molar-refractivity contribution in [3.63, 3.8) is 0 Å². The highest BCUT2D eigenvalue weighted by Crippen LogP contribution is 2.32. The van der Waals surface area contributed by atoms with Crippen LogP contribution in [0.2, 0.25) is 0 Å². The number of fused-ring (bicyclic) bond motifs is 1. The van der Waals surface area contributed by atoms with Gasteiger partial charge in [0.25, 0.3) is 5.91 Å². The molecule has 0 radical (unpaired) electrons. The lowest BCUT2D eigenvalue weighted by Gasteiger charge is -2.24. The number of hydrogen-bond donors (Lipinski definition) is 0. The van der Waals surface area contributed by atoms with Crippen LogP contribution < -0.4 is 4.90 Å². The molecule has 0 aliphatic rings. The fourth-order valence-corrected chi connectivity index (χ4v) is 4.45. The molecule has 29 heavy (non-hydrogen) atoms. The van der Waals surface area contributed by atoms with E-state index in [4.69, 9.17) is 4.98 Å². The highest BCUT2D eigenvalue weighted by atomic mass is 35.5. The van der Waals surface area contributed by atoms with E-state index in [2.05, 4.69) is 37.8 Å². The minimum atomic E-state index is -0.350. The molecule has 0 spiro atoms. The summed E-state index contributed by atoms with van der Waals surface area (Å²) in [6, 6.07) is 9.92. The third-order valence-corrected chi connectivity index (χ3v) is 5.95. The molecule has 1 heterocycles. The largest absolute Gasteiger partial charge is 0.302 e. The summed E-state index contributed by atoms with van der Waals surface area (Å²) in [5, 5.41) is 0.685. The molecule has 0 saturated carbocycles. The predicted molar refractivity (Wildman–Crippen MR) is 122 cm³/mol. The first-order valence-corrected chi connectivity index (χ1v) is 10.4. The van der Waals surface area contributed by atoms with Gasteiger partial charge in [-0.2, -0.15) is 0 Å². The molecule has 3 rings (SSSR count). The number of halogens is 2. The minimum Gasteiger partial charge on any atom is -0.302 e. The van der Waals surface area contributed by atoms with Gasteiger partial charge in [-0.25, -0.2) is 9.37 Å². The molecule has 2 aromatic carbocycles. The first-order chi connectivity index (χ1) is 13.4. The van der Waals surface area contributed by atoms with Gasteiger partial charge in [-0.05, 0) is 68.4 Å². The van der Waals surface area contributed by atoms with Crippen molar-refractivity contribution in [2.45, 2.75) is 27.7 Å². The van der Waals surface area contributed by atoms with Crippen LogP contribution in [0, 0.1) is 19.7 Å². The summed E-state index contributed by atoms with van der Waals surface area (Å²) in [6.45, 7) is 11.5. The number of amides is 1. The normalized spacial score (nSPS) is 11.0. The monoisotopic (exact) mass is 435 g/mol. The number of hydrogen-bond acceptors (Lipinski definition) is 4. The lowest BCUT2D eigenvalue weighted by molar-refractivity contribution is 0.0983. The molecular formula is C22H27ClFN3OS. The summed E-state index contributed by atoms with van der Waals surface area (Å²) in [4.78, 5) is 22.0. The maximum absolute atomic E-state index is 13.3.